The van der Waals surface area contributed by atoms with E-state index in [4.69, 9.17) is 4.52 Å². The van der Waals surface area contributed by atoms with E-state index in [-0.39, 0.29) is 6.54 Å². The van der Waals surface area contributed by atoms with Crippen molar-refractivity contribution in [3.05, 3.63) is 35.7 Å². The molecule has 0 unspecified atom stereocenters. The van der Waals surface area contributed by atoms with Gasteiger partial charge in [-0.2, -0.15) is 18.2 Å². The Kier molecular flexibility index (Phi) is 6.99. The average molecular weight is 369 g/mol. The van der Waals surface area contributed by atoms with Gasteiger partial charge in [-0.05, 0) is 24.1 Å². The summed E-state index contributed by atoms with van der Waals surface area (Å²) in [4.78, 5) is 8.26. The lowest BCUT2D eigenvalue weighted by atomic mass is 10.1. The predicted octanol–water partition coefficient (Wildman–Crippen LogP) is 3.31. The molecule has 0 bridgehead atoms. The molecule has 1 heterocycles. The van der Waals surface area contributed by atoms with Crippen LogP contribution in [-0.2, 0) is 13.0 Å². The van der Waals surface area contributed by atoms with E-state index < -0.39 is 12.6 Å². The van der Waals surface area contributed by atoms with Crippen LogP contribution in [0.25, 0.3) is 11.5 Å². The molecule has 6 nitrogen and oxygen atoms in total. The minimum Gasteiger partial charge on any atom is -0.356 e. The van der Waals surface area contributed by atoms with Crippen LogP contribution < -0.4 is 10.6 Å². The topological polar surface area (TPSA) is 75.3 Å². The van der Waals surface area contributed by atoms with E-state index in [2.05, 4.69) is 25.8 Å². The first-order chi connectivity index (χ1) is 12.4. The summed E-state index contributed by atoms with van der Waals surface area (Å²) < 4.78 is 41.9. The normalized spacial score (nSPS) is 12.3. The SMILES string of the molecule is CCCc1noc(-c2cccc(CNC(=NC)NCCC(F)(F)F)c2)n1. The summed E-state index contributed by atoms with van der Waals surface area (Å²) >= 11 is 0. The number of rotatable bonds is 7. The number of hydrogen-bond donors (Lipinski definition) is 2. The molecule has 0 amide bonds. The van der Waals surface area contributed by atoms with Gasteiger partial charge in [-0.25, -0.2) is 0 Å². The van der Waals surface area contributed by atoms with Crippen molar-refractivity contribution < 1.29 is 17.7 Å². The van der Waals surface area contributed by atoms with Gasteiger partial charge in [0.05, 0.1) is 6.42 Å². The van der Waals surface area contributed by atoms with Gasteiger partial charge in [-0.15, -0.1) is 0 Å². The second-order valence-electron chi connectivity index (χ2n) is 5.68. The molecular formula is C17H22F3N5O. The standard InChI is InChI=1S/C17H22F3N5O/c1-3-5-14-24-15(26-25-14)13-7-4-6-12(10-13)11-23-16(21-2)22-9-8-17(18,19)20/h4,6-7,10H,3,5,8-9,11H2,1-2H3,(H2,21,22,23). The maximum absolute atomic E-state index is 12.2. The summed E-state index contributed by atoms with van der Waals surface area (Å²) in [6.45, 7) is 2.21. The van der Waals surface area contributed by atoms with Gasteiger partial charge >= 0.3 is 6.18 Å². The van der Waals surface area contributed by atoms with Gasteiger partial charge in [-0.1, -0.05) is 24.2 Å². The Morgan fingerprint density at radius 2 is 2.08 bits per heavy atom. The molecule has 26 heavy (non-hydrogen) atoms. The molecule has 0 atom stereocenters. The van der Waals surface area contributed by atoms with Gasteiger partial charge in [-0.3, -0.25) is 4.99 Å². The highest BCUT2D eigenvalue weighted by molar-refractivity contribution is 5.79. The number of guanidine groups is 1. The van der Waals surface area contributed by atoms with E-state index in [1.54, 1.807) is 0 Å². The van der Waals surface area contributed by atoms with Gasteiger partial charge in [0.2, 0.25) is 0 Å². The molecule has 0 aliphatic heterocycles. The van der Waals surface area contributed by atoms with Gasteiger partial charge < -0.3 is 15.2 Å². The fourth-order valence-corrected chi connectivity index (χ4v) is 2.24. The minimum atomic E-state index is -4.19. The van der Waals surface area contributed by atoms with Gasteiger partial charge in [0.1, 0.15) is 0 Å². The average Bonchev–Trinajstić information content (AvgIpc) is 3.06. The molecule has 2 rings (SSSR count). The number of nitrogens with one attached hydrogen (secondary N) is 2. The van der Waals surface area contributed by atoms with Crippen LogP contribution in [0.2, 0.25) is 0 Å². The van der Waals surface area contributed by atoms with Crippen LogP contribution in [0.4, 0.5) is 13.2 Å². The lowest BCUT2D eigenvalue weighted by Gasteiger charge is -2.13. The number of aromatic nitrogens is 2. The first kappa shape index (κ1) is 19.7. The van der Waals surface area contributed by atoms with Crippen LogP contribution in [0.15, 0.2) is 33.8 Å². The van der Waals surface area contributed by atoms with Crippen LogP contribution in [0.3, 0.4) is 0 Å². The number of hydrogen-bond acceptors (Lipinski definition) is 4. The van der Waals surface area contributed by atoms with E-state index in [0.29, 0.717) is 24.2 Å². The fraction of sp³-hybridized carbons (Fsp3) is 0.471. The summed E-state index contributed by atoms with van der Waals surface area (Å²) in [6.07, 6.45) is -3.42. The summed E-state index contributed by atoms with van der Waals surface area (Å²) in [6, 6.07) is 7.50. The van der Waals surface area contributed by atoms with Crippen LogP contribution in [0, 0.1) is 0 Å². The lowest BCUT2D eigenvalue weighted by Crippen LogP contribution is -2.38. The Bertz CT molecular complexity index is 727. The Balaban J connectivity index is 1.93. The molecule has 2 N–H and O–H groups in total. The third kappa shape index (κ3) is 6.38. The van der Waals surface area contributed by atoms with Crippen molar-refractivity contribution in [2.24, 2.45) is 4.99 Å². The lowest BCUT2D eigenvalue weighted by molar-refractivity contribution is -0.132. The van der Waals surface area contributed by atoms with E-state index in [0.717, 1.165) is 24.0 Å². The molecule has 142 valence electrons. The van der Waals surface area contributed by atoms with E-state index in [1.165, 1.54) is 7.05 Å². The third-order valence-electron chi connectivity index (χ3n) is 3.50. The number of nitrogens with zero attached hydrogens (tertiary/aromatic N) is 3. The monoisotopic (exact) mass is 369 g/mol. The summed E-state index contributed by atoms with van der Waals surface area (Å²) in [5, 5.41) is 9.55. The molecule has 2 aromatic rings. The third-order valence-corrected chi connectivity index (χ3v) is 3.50. The molecule has 0 aliphatic carbocycles. The van der Waals surface area contributed by atoms with Crippen molar-refractivity contribution in [2.75, 3.05) is 13.6 Å². The molecule has 0 spiro atoms. The highest BCUT2D eigenvalue weighted by atomic mass is 19.4. The largest absolute Gasteiger partial charge is 0.390 e. The summed E-state index contributed by atoms with van der Waals surface area (Å²) in [7, 11) is 1.51. The Hall–Kier alpha value is -2.58. The Morgan fingerprint density at radius 3 is 2.77 bits per heavy atom. The predicted molar refractivity (Wildman–Crippen MR) is 92.6 cm³/mol. The molecule has 1 aromatic heterocycles. The van der Waals surface area contributed by atoms with E-state index >= 15 is 0 Å². The van der Waals surface area contributed by atoms with Gasteiger partial charge in [0.15, 0.2) is 11.8 Å². The van der Waals surface area contributed by atoms with Crippen LogP contribution in [0.5, 0.6) is 0 Å². The molecule has 0 saturated heterocycles. The molecule has 0 radical (unpaired) electrons. The Morgan fingerprint density at radius 1 is 1.27 bits per heavy atom. The zero-order chi connectivity index (χ0) is 19.0. The maximum Gasteiger partial charge on any atom is 0.390 e. The smallest absolute Gasteiger partial charge is 0.356 e. The molecule has 0 aliphatic rings. The highest BCUT2D eigenvalue weighted by Crippen LogP contribution is 2.19. The fourth-order valence-electron chi connectivity index (χ4n) is 2.24. The van der Waals surface area contributed by atoms with Crippen LogP contribution in [-0.4, -0.2) is 35.9 Å². The van der Waals surface area contributed by atoms with Crippen molar-refractivity contribution in [3.63, 3.8) is 0 Å². The first-order valence-corrected chi connectivity index (χ1v) is 8.34. The van der Waals surface area contributed by atoms with Crippen molar-refractivity contribution in [1.29, 1.82) is 0 Å². The van der Waals surface area contributed by atoms with Gasteiger partial charge in [0, 0.05) is 32.1 Å². The van der Waals surface area contributed by atoms with Crippen molar-refractivity contribution >= 4 is 5.96 Å². The number of halogens is 3. The van der Waals surface area contributed by atoms with Crippen molar-refractivity contribution in [2.45, 2.75) is 38.9 Å². The highest BCUT2D eigenvalue weighted by Gasteiger charge is 2.26. The summed E-state index contributed by atoms with van der Waals surface area (Å²) in [5.41, 5.74) is 1.70. The zero-order valence-electron chi connectivity index (χ0n) is 14.7. The van der Waals surface area contributed by atoms with E-state index in [9.17, 15) is 13.2 Å². The first-order valence-electron chi connectivity index (χ1n) is 8.34. The number of alkyl halides is 3. The molecule has 0 fully saturated rings. The molecule has 1 aromatic carbocycles. The van der Waals surface area contributed by atoms with E-state index in [1.807, 2.05) is 31.2 Å². The summed E-state index contributed by atoms with van der Waals surface area (Å²) in [5.74, 6) is 1.42. The quantitative estimate of drug-likeness (QED) is 0.579. The van der Waals surface area contributed by atoms with Crippen LogP contribution >= 0.6 is 0 Å². The van der Waals surface area contributed by atoms with Crippen molar-refractivity contribution in [3.8, 4) is 11.5 Å². The minimum absolute atomic E-state index is 0.231. The molecular weight excluding hydrogens is 347 g/mol. The molecule has 9 heteroatoms. The second kappa shape index (κ2) is 9.21. The molecule has 0 saturated carbocycles. The number of benzene rings is 1. The Labute approximate surface area is 149 Å². The number of aliphatic imine (C=N–C) groups is 1. The second-order valence-corrected chi connectivity index (χ2v) is 5.68. The number of aryl methyl sites for hydroxylation is 1. The van der Waals surface area contributed by atoms with Crippen LogP contribution in [0.1, 0.15) is 31.2 Å². The van der Waals surface area contributed by atoms with Gasteiger partial charge in [0.25, 0.3) is 5.89 Å². The maximum atomic E-state index is 12.2. The van der Waals surface area contributed by atoms with Crippen molar-refractivity contribution in [1.82, 2.24) is 20.8 Å². The zero-order valence-corrected chi connectivity index (χ0v) is 14.7.